The van der Waals surface area contributed by atoms with Gasteiger partial charge in [-0.2, -0.15) is 0 Å². The van der Waals surface area contributed by atoms with Crippen LogP contribution in [0.2, 0.25) is 0 Å². The molecular weight excluding hydrogens is 252 g/mol. The molecule has 0 aliphatic heterocycles. The molecule has 1 rings (SSSR count). The van der Waals surface area contributed by atoms with Crippen molar-refractivity contribution in [3.05, 3.63) is 11.8 Å². The SMILES string of the molecule is CCCCCCCCCCC(=O)OC1=CC(=O)CCC1. The summed E-state index contributed by atoms with van der Waals surface area (Å²) >= 11 is 0. The zero-order chi connectivity index (χ0) is 14.6. The fraction of sp³-hybridized carbons (Fsp3) is 0.765. The van der Waals surface area contributed by atoms with Gasteiger partial charge in [-0.05, 0) is 12.8 Å². The lowest BCUT2D eigenvalue weighted by atomic mass is 10.1. The molecule has 20 heavy (non-hydrogen) atoms. The average Bonchev–Trinajstić information content (AvgIpc) is 2.42. The van der Waals surface area contributed by atoms with Crippen LogP contribution in [-0.4, -0.2) is 11.8 Å². The van der Waals surface area contributed by atoms with E-state index in [9.17, 15) is 9.59 Å². The van der Waals surface area contributed by atoms with E-state index in [2.05, 4.69) is 6.92 Å². The number of carbonyl (C=O) groups excluding carboxylic acids is 2. The van der Waals surface area contributed by atoms with Gasteiger partial charge in [0.05, 0.1) is 0 Å². The van der Waals surface area contributed by atoms with Gasteiger partial charge in [0.2, 0.25) is 0 Å². The molecule has 0 heterocycles. The number of allylic oxidation sites excluding steroid dienone is 2. The molecule has 3 nitrogen and oxygen atoms in total. The molecule has 1 aliphatic rings. The van der Waals surface area contributed by atoms with Crippen molar-refractivity contribution in [1.29, 1.82) is 0 Å². The first-order chi connectivity index (χ1) is 9.72. The number of rotatable bonds is 10. The number of unbranched alkanes of at least 4 members (excludes halogenated alkanes) is 7. The van der Waals surface area contributed by atoms with Crippen molar-refractivity contribution < 1.29 is 14.3 Å². The van der Waals surface area contributed by atoms with Crippen molar-refractivity contribution in [2.75, 3.05) is 0 Å². The lowest BCUT2D eigenvalue weighted by Gasteiger charge is -2.12. The molecule has 0 bridgehead atoms. The topological polar surface area (TPSA) is 43.4 Å². The predicted molar refractivity (Wildman–Crippen MR) is 80.3 cm³/mol. The third kappa shape index (κ3) is 8.13. The largest absolute Gasteiger partial charge is 0.431 e. The Hall–Kier alpha value is -1.12. The summed E-state index contributed by atoms with van der Waals surface area (Å²) in [6.07, 6.45) is 13.8. The second kappa shape index (κ2) is 10.6. The van der Waals surface area contributed by atoms with Crippen LogP contribution in [0.25, 0.3) is 0 Å². The number of hydrogen-bond acceptors (Lipinski definition) is 3. The van der Waals surface area contributed by atoms with E-state index in [4.69, 9.17) is 4.74 Å². The van der Waals surface area contributed by atoms with Gasteiger partial charge in [-0.3, -0.25) is 9.59 Å². The van der Waals surface area contributed by atoms with Gasteiger partial charge in [-0.15, -0.1) is 0 Å². The minimum atomic E-state index is -0.183. The molecule has 0 aromatic carbocycles. The number of hydrogen-bond donors (Lipinski definition) is 0. The highest BCUT2D eigenvalue weighted by Crippen LogP contribution is 2.17. The van der Waals surface area contributed by atoms with Crippen LogP contribution in [0.3, 0.4) is 0 Å². The second-order valence-electron chi connectivity index (χ2n) is 5.63. The van der Waals surface area contributed by atoms with Gasteiger partial charge in [0.25, 0.3) is 0 Å². The maximum atomic E-state index is 11.6. The van der Waals surface area contributed by atoms with Crippen molar-refractivity contribution in [2.24, 2.45) is 0 Å². The zero-order valence-corrected chi connectivity index (χ0v) is 12.8. The average molecular weight is 280 g/mol. The van der Waals surface area contributed by atoms with Crippen molar-refractivity contribution >= 4 is 11.8 Å². The first-order valence-corrected chi connectivity index (χ1v) is 8.16. The number of ketones is 1. The lowest BCUT2D eigenvalue weighted by molar-refractivity contribution is -0.140. The molecule has 0 aromatic rings. The van der Waals surface area contributed by atoms with E-state index in [0.29, 0.717) is 18.6 Å². The summed E-state index contributed by atoms with van der Waals surface area (Å²) in [4.78, 5) is 22.8. The molecule has 3 heteroatoms. The zero-order valence-electron chi connectivity index (χ0n) is 12.8. The smallest absolute Gasteiger partial charge is 0.310 e. The molecule has 0 amide bonds. The van der Waals surface area contributed by atoms with Gasteiger partial charge in [0, 0.05) is 25.3 Å². The van der Waals surface area contributed by atoms with Crippen molar-refractivity contribution in [3.8, 4) is 0 Å². The summed E-state index contributed by atoms with van der Waals surface area (Å²) in [5.74, 6) is 0.453. The van der Waals surface area contributed by atoms with E-state index in [1.165, 1.54) is 44.6 Å². The van der Waals surface area contributed by atoms with E-state index in [0.717, 1.165) is 25.7 Å². The quantitative estimate of drug-likeness (QED) is 0.430. The standard InChI is InChI=1S/C17H28O3/c1-2-3-4-5-6-7-8-9-13-17(19)20-16-12-10-11-15(18)14-16/h14H,2-13H2,1H3. The molecule has 0 unspecified atom stereocenters. The Labute approximate surface area is 122 Å². The normalized spacial score (nSPS) is 15.1. The highest BCUT2D eigenvalue weighted by molar-refractivity contribution is 5.91. The van der Waals surface area contributed by atoms with Crippen molar-refractivity contribution in [2.45, 2.75) is 84.0 Å². The van der Waals surface area contributed by atoms with E-state index in [1.807, 2.05) is 0 Å². The summed E-state index contributed by atoms with van der Waals surface area (Å²) in [6.45, 7) is 2.22. The van der Waals surface area contributed by atoms with Crippen LogP contribution in [0.15, 0.2) is 11.8 Å². The van der Waals surface area contributed by atoms with Crippen LogP contribution in [0, 0.1) is 0 Å². The molecule has 0 atom stereocenters. The van der Waals surface area contributed by atoms with Crippen LogP contribution < -0.4 is 0 Å². The van der Waals surface area contributed by atoms with Crippen LogP contribution >= 0.6 is 0 Å². The molecule has 1 aliphatic carbocycles. The molecule has 0 radical (unpaired) electrons. The molecule has 0 N–H and O–H groups in total. The number of ether oxygens (including phenoxy) is 1. The number of esters is 1. The van der Waals surface area contributed by atoms with E-state index < -0.39 is 0 Å². The summed E-state index contributed by atoms with van der Waals surface area (Å²) in [7, 11) is 0. The molecular formula is C17H28O3. The third-order valence-electron chi connectivity index (χ3n) is 3.65. The summed E-state index contributed by atoms with van der Waals surface area (Å²) < 4.78 is 5.22. The third-order valence-corrected chi connectivity index (χ3v) is 3.65. The van der Waals surface area contributed by atoms with E-state index in [-0.39, 0.29) is 11.8 Å². The molecule has 0 saturated carbocycles. The molecule has 114 valence electrons. The highest BCUT2D eigenvalue weighted by Gasteiger charge is 2.13. The Morgan fingerprint density at radius 2 is 1.70 bits per heavy atom. The Bertz CT molecular complexity index is 331. The first kappa shape index (κ1) is 16.9. The van der Waals surface area contributed by atoms with Crippen LogP contribution in [0.1, 0.15) is 84.0 Å². The first-order valence-electron chi connectivity index (χ1n) is 8.16. The van der Waals surface area contributed by atoms with Crippen LogP contribution in [-0.2, 0) is 14.3 Å². The monoisotopic (exact) mass is 280 g/mol. The predicted octanol–water partition coefficient (Wildman–Crippen LogP) is 4.70. The summed E-state index contributed by atoms with van der Waals surface area (Å²) in [5.41, 5.74) is 0. The Morgan fingerprint density at radius 1 is 1.05 bits per heavy atom. The Balaban J connectivity index is 1.99. The maximum Gasteiger partial charge on any atom is 0.310 e. The lowest BCUT2D eigenvalue weighted by Crippen LogP contribution is -2.10. The van der Waals surface area contributed by atoms with Crippen molar-refractivity contribution in [3.63, 3.8) is 0 Å². The second-order valence-corrected chi connectivity index (χ2v) is 5.63. The van der Waals surface area contributed by atoms with Gasteiger partial charge < -0.3 is 4.74 Å². The molecule has 0 aromatic heterocycles. The molecule has 0 fully saturated rings. The van der Waals surface area contributed by atoms with E-state index in [1.54, 1.807) is 0 Å². The van der Waals surface area contributed by atoms with Crippen molar-refractivity contribution in [1.82, 2.24) is 0 Å². The minimum Gasteiger partial charge on any atom is -0.431 e. The van der Waals surface area contributed by atoms with Gasteiger partial charge in [-0.1, -0.05) is 51.9 Å². The summed E-state index contributed by atoms with van der Waals surface area (Å²) in [6, 6.07) is 0. The molecule has 0 spiro atoms. The Morgan fingerprint density at radius 3 is 2.35 bits per heavy atom. The van der Waals surface area contributed by atoms with Gasteiger partial charge in [0.1, 0.15) is 5.76 Å². The molecule has 0 saturated heterocycles. The number of carbonyl (C=O) groups is 2. The Kier molecular flexibility index (Phi) is 9.01. The van der Waals surface area contributed by atoms with Gasteiger partial charge in [-0.25, -0.2) is 0 Å². The van der Waals surface area contributed by atoms with Crippen LogP contribution in [0.4, 0.5) is 0 Å². The van der Waals surface area contributed by atoms with E-state index >= 15 is 0 Å². The summed E-state index contributed by atoms with van der Waals surface area (Å²) in [5, 5.41) is 0. The highest BCUT2D eigenvalue weighted by atomic mass is 16.5. The maximum absolute atomic E-state index is 11.6. The van der Waals surface area contributed by atoms with Crippen LogP contribution in [0.5, 0.6) is 0 Å². The van der Waals surface area contributed by atoms with Gasteiger partial charge in [0.15, 0.2) is 5.78 Å². The fourth-order valence-electron chi connectivity index (χ4n) is 2.44. The fourth-order valence-corrected chi connectivity index (χ4v) is 2.44. The minimum absolute atomic E-state index is 0.0751. The van der Waals surface area contributed by atoms with Gasteiger partial charge >= 0.3 is 5.97 Å².